The molecule has 1 aromatic carbocycles. The minimum atomic E-state index is 0.212. The van der Waals surface area contributed by atoms with Crippen molar-refractivity contribution in [2.24, 2.45) is 0 Å². The Morgan fingerprint density at radius 1 is 1.29 bits per heavy atom. The lowest BCUT2D eigenvalue weighted by Gasteiger charge is -2.05. The van der Waals surface area contributed by atoms with Crippen LogP contribution in [0.3, 0.4) is 0 Å². The van der Waals surface area contributed by atoms with E-state index in [1.165, 1.54) is 0 Å². The number of thioether (sulfide) groups is 1. The van der Waals surface area contributed by atoms with Crippen LogP contribution >= 0.6 is 11.8 Å². The Morgan fingerprint density at radius 2 is 2.06 bits per heavy atom. The number of aliphatic hydroxyl groups is 1. The third-order valence-corrected chi connectivity index (χ3v) is 3.62. The van der Waals surface area contributed by atoms with Gasteiger partial charge in [-0.1, -0.05) is 25.1 Å². The second-order valence-corrected chi connectivity index (χ2v) is 5.32. The van der Waals surface area contributed by atoms with E-state index in [4.69, 9.17) is 5.11 Å². The highest BCUT2D eigenvalue weighted by atomic mass is 32.2. The summed E-state index contributed by atoms with van der Waals surface area (Å²) >= 11 is 1.71. The molecule has 0 aliphatic carbocycles. The lowest BCUT2D eigenvalue weighted by Crippen LogP contribution is -2.02. The summed E-state index contributed by atoms with van der Waals surface area (Å²) in [6, 6.07) is 12.1. The van der Waals surface area contributed by atoms with Crippen LogP contribution in [0, 0.1) is 0 Å². The fraction of sp³-hybridized carbons (Fsp3) is 0.308. The Bertz CT molecular complexity index is 455. The van der Waals surface area contributed by atoms with Gasteiger partial charge in [-0.05, 0) is 18.2 Å². The average Bonchev–Trinajstić information content (AvgIpc) is 2.86. The molecule has 1 atom stereocenters. The maximum Gasteiger partial charge on any atom is 0.0728 e. The van der Waals surface area contributed by atoms with Crippen LogP contribution in [0.1, 0.15) is 12.6 Å². The summed E-state index contributed by atoms with van der Waals surface area (Å²) < 4.78 is 1.87. The second-order valence-electron chi connectivity index (χ2n) is 3.89. The van der Waals surface area contributed by atoms with Gasteiger partial charge in [0, 0.05) is 17.2 Å². The quantitative estimate of drug-likeness (QED) is 0.883. The van der Waals surface area contributed by atoms with Crippen molar-refractivity contribution >= 4 is 11.8 Å². The highest BCUT2D eigenvalue weighted by Gasteiger charge is 2.04. The van der Waals surface area contributed by atoms with E-state index in [-0.39, 0.29) is 11.9 Å². The molecular formula is C13H16N2OS. The number of nitrogens with zero attached hydrogens (tertiary/aromatic N) is 2. The fourth-order valence-electron chi connectivity index (χ4n) is 1.44. The van der Waals surface area contributed by atoms with Crippen LogP contribution in [0.4, 0.5) is 0 Å². The molecule has 0 aliphatic heterocycles. The SMILES string of the molecule is CC(CO)SCc1ccn(-c2ccccc2)n1. The van der Waals surface area contributed by atoms with Crippen LogP contribution < -0.4 is 0 Å². The van der Waals surface area contributed by atoms with E-state index < -0.39 is 0 Å². The molecule has 0 aliphatic rings. The molecule has 90 valence electrons. The first kappa shape index (κ1) is 12.2. The Balaban J connectivity index is 2.01. The number of rotatable bonds is 5. The van der Waals surface area contributed by atoms with Gasteiger partial charge in [0.25, 0.3) is 0 Å². The summed E-state index contributed by atoms with van der Waals surface area (Å²) in [5.41, 5.74) is 2.11. The summed E-state index contributed by atoms with van der Waals surface area (Å²) in [4.78, 5) is 0. The van der Waals surface area contributed by atoms with Crippen LogP contribution in [0.15, 0.2) is 42.6 Å². The topological polar surface area (TPSA) is 38.0 Å². The smallest absolute Gasteiger partial charge is 0.0728 e. The van der Waals surface area contributed by atoms with Crippen molar-refractivity contribution in [3.05, 3.63) is 48.3 Å². The average molecular weight is 248 g/mol. The highest BCUT2D eigenvalue weighted by Crippen LogP contribution is 2.16. The fourth-order valence-corrected chi connectivity index (χ4v) is 2.16. The first-order valence-corrected chi connectivity index (χ1v) is 6.67. The van der Waals surface area contributed by atoms with E-state index in [9.17, 15) is 0 Å². The molecule has 1 N–H and O–H groups in total. The normalized spacial score (nSPS) is 12.6. The van der Waals surface area contributed by atoms with Crippen molar-refractivity contribution in [2.75, 3.05) is 6.61 Å². The predicted octanol–water partition coefficient (Wildman–Crippen LogP) is 2.49. The van der Waals surface area contributed by atoms with Gasteiger partial charge in [0.2, 0.25) is 0 Å². The number of aromatic nitrogens is 2. The molecule has 0 saturated heterocycles. The number of benzene rings is 1. The van der Waals surface area contributed by atoms with Crippen molar-refractivity contribution in [2.45, 2.75) is 17.9 Å². The third kappa shape index (κ3) is 3.35. The molecule has 1 unspecified atom stereocenters. The zero-order valence-electron chi connectivity index (χ0n) is 9.78. The number of aliphatic hydroxyl groups excluding tert-OH is 1. The highest BCUT2D eigenvalue weighted by molar-refractivity contribution is 7.99. The predicted molar refractivity (Wildman–Crippen MR) is 71.4 cm³/mol. The summed E-state index contributed by atoms with van der Waals surface area (Å²) in [5.74, 6) is 0.835. The monoisotopic (exact) mass is 248 g/mol. The molecule has 1 heterocycles. The van der Waals surface area contributed by atoms with E-state index in [0.717, 1.165) is 17.1 Å². The summed E-state index contributed by atoms with van der Waals surface area (Å²) in [5, 5.41) is 13.7. The van der Waals surface area contributed by atoms with Gasteiger partial charge in [0.1, 0.15) is 0 Å². The van der Waals surface area contributed by atoms with E-state index >= 15 is 0 Å². The summed E-state index contributed by atoms with van der Waals surface area (Å²) in [6.45, 7) is 2.23. The molecule has 0 saturated carbocycles. The standard InChI is InChI=1S/C13H16N2OS/c1-11(9-16)17-10-12-7-8-15(14-12)13-5-3-2-4-6-13/h2-8,11,16H,9-10H2,1H3. The van der Waals surface area contributed by atoms with Crippen molar-refractivity contribution in [3.8, 4) is 5.69 Å². The van der Waals surface area contributed by atoms with E-state index in [1.807, 2.05) is 54.2 Å². The van der Waals surface area contributed by atoms with Gasteiger partial charge in [-0.2, -0.15) is 5.10 Å². The minimum absolute atomic E-state index is 0.212. The zero-order valence-corrected chi connectivity index (χ0v) is 10.6. The molecule has 3 nitrogen and oxygen atoms in total. The molecular weight excluding hydrogens is 232 g/mol. The van der Waals surface area contributed by atoms with Gasteiger partial charge in [-0.15, -0.1) is 11.8 Å². The summed E-state index contributed by atoms with van der Waals surface area (Å²) in [6.07, 6.45) is 1.97. The van der Waals surface area contributed by atoms with Gasteiger partial charge >= 0.3 is 0 Å². The van der Waals surface area contributed by atoms with Crippen LogP contribution in [0.25, 0.3) is 5.69 Å². The number of para-hydroxylation sites is 1. The van der Waals surface area contributed by atoms with Crippen LogP contribution in [-0.4, -0.2) is 26.7 Å². The Labute approximate surface area is 105 Å². The molecule has 17 heavy (non-hydrogen) atoms. The first-order chi connectivity index (χ1) is 8.29. The van der Waals surface area contributed by atoms with Crippen LogP contribution in [0.5, 0.6) is 0 Å². The molecule has 0 amide bonds. The molecule has 0 bridgehead atoms. The van der Waals surface area contributed by atoms with Gasteiger partial charge in [-0.3, -0.25) is 0 Å². The molecule has 4 heteroatoms. The third-order valence-electron chi connectivity index (χ3n) is 2.44. The molecule has 0 radical (unpaired) electrons. The van der Waals surface area contributed by atoms with E-state index in [1.54, 1.807) is 11.8 Å². The van der Waals surface area contributed by atoms with Crippen molar-refractivity contribution in [1.82, 2.24) is 9.78 Å². The maximum absolute atomic E-state index is 8.95. The van der Waals surface area contributed by atoms with Crippen molar-refractivity contribution < 1.29 is 5.11 Å². The van der Waals surface area contributed by atoms with Gasteiger partial charge in [0.05, 0.1) is 18.0 Å². The van der Waals surface area contributed by atoms with Crippen molar-refractivity contribution in [1.29, 1.82) is 0 Å². The molecule has 0 fully saturated rings. The molecule has 0 spiro atoms. The van der Waals surface area contributed by atoms with Crippen molar-refractivity contribution in [3.63, 3.8) is 0 Å². The maximum atomic E-state index is 8.95. The lowest BCUT2D eigenvalue weighted by molar-refractivity contribution is 0.300. The minimum Gasteiger partial charge on any atom is -0.395 e. The van der Waals surface area contributed by atoms with Gasteiger partial charge in [0.15, 0.2) is 0 Å². The molecule has 2 aromatic rings. The first-order valence-electron chi connectivity index (χ1n) is 5.62. The molecule has 2 rings (SSSR count). The van der Waals surface area contributed by atoms with Gasteiger partial charge < -0.3 is 5.11 Å². The van der Waals surface area contributed by atoms with E-state index in [2.05, 4.69) is 5.10 Å². The zero-order chi connectivity index (χ0) is 12.1. The van der Waals surface area contributed by atoms with E-state index in [0.29, 0.717) is 0 Å². The van der Waals surface area contributed by atoms with Crippen LogP contribution in [0.2, 0.25) is 0 Å². The molecule has 1 aromatic heterocycles. The number of hydrogen-bond acceptors (Lipinski definition) is 3. The summed E-state index contributed by atoms with van der Waals surface area (Å²) in [7, 11) is 0. The number of hydrogen-bond donors (Lipinski definition) is 1. The lowest BCUT2D eigenvalue weighted by atomic mass is 10.3. The Morgan fingerprint density at radius 3 is 2.76 bits per heavy atom. The Kier molecular flexibility index (Phi) is 4.23. The second kappa shape index (κ2) is 5.89. The largest absolute Gasteiger partial charge is 0.395 e. The van der Waals surface area contributed by atoms with Gasteiger partial charge in [-0.25, -0.2) is 4.68 Å². The van der Waals surface area contributed by atoms with Crippen LogP contribution in [-0.2, 0) is 5.75 Å². The Hall–Kier alpha value is -1.26.